The SMILES string of the molecule is CC(C)[C@@H]1[C@@H](C)[N+]1(C)C. The zero-order valence-electron chi connectivity index (χ0n) is 7.18. The van der Waals surface area contributed by atoms with Crippen molar-refractivity contribution in [3.05, 3.63) is 0 Å². The first-order valence-corrected chi connectivity index (χ1v) is 3.81. The maximum absolute atomic E-state index is 2.34. The van der Waals surface area contributed by atoms with Crippen LogP contribution >= 0.6 is 0 Å². The maximum Gasteiger partial charge on any atom is 0.143 e. The molecule has 0 spiro atoms. The highest BCUT2D eigenvalue weighted by atomic mass is 15.5. The monoisotopic (exact) mass is 128 g/mol. The van der Waals surface area contributed by atoms with Gasteiger partial charge >= 0.3 is 0 Å². The summed E-state index contributed by atoms with van der Waals surface area (Å²) in [5.74, 6) is 0.856. The maximum atomic E-state index is 2.34. The Morgan fingerprint density at radius 3 is 1.56 bits per heavy atom. The molecule has 1 saturated heterocycles. The topological polar surface area (TPSA) is 0 Å². The summed E-state index contributed by atoms with van der Waals surface area (Å²) in [5, 5.41) is 0. The highest BCUT2D eigenvalue weighted by Crippen LogP contribution is 2.39. The Morgan fingerprint density at radius 1 is 1.22 bits per heavy atom. The summed E-state index contributed by atoms with van der Waals surface area (Å²) in [6.07, 6.45) is 0. The molecule has 1 nitrogen and oxygen atoms in total. The van der Waals surface area contributed by atoms with E-state index in [0.29, 0.717) is 0 Å². The van der Waals surface area contributed by atoms with E-state index < -0.39 is 0 Å². The average Bonchev–Trinajstić information content (AvgIpc) is 2.07. The Kier molecular flexibility index (Phi) is 1.35. The van der Waals surface area contributed by atoms with Crippen molar-refractivity contribution in [2.24, 2.45) is 5.92 Å². The van der Waals surface area contributed by atoms with Crippen LogP contribution in [0.15, 0.2) is 0 Å². The van der Waals surface area contributed by atoms with E-state index in [1.807, 2.05) is 0 Å². The lowest BCUT2D eigenvalue weighted by molar-refractivity contribution is -0.784. The van der Waals surface area contributed by atoms with E-state index in [0.717, 1.165) is 18.0 Å². The second-order valence-corrected chi connectivity index (χ2v) is 4.10. The molecule has 0 radical (unpaired) electrons. The van der Waals surface area contributed by atoms with Crippen LogP contribution in [0.5, 0.6) is 0 Å². The molecule has 0 aliphatic carbocycles. The first-order valence-electron chi connectivity index (χ1n) is 3.81. The number of rotatable bonds is 1. The minimum atomic E-state index is 0.856. The van der Waals surface area contributed by atoms with E-state index in [4.69, 9.17) is 0 Å². The third-order valence-electron chi connectivity index (χ3n) is 2.91. The average molecular weight is 128 g/mol. The predicted octanol–water partition coefficient (Wildman–Crippen LogP) is 1.49. The Labute approximate surface area is 58.3 Å². The Morgan fingerprint density at radius 2 is 1.56 bits per heavy atom. The van der Waals surface area contributed by atoms with Crippen LogP contribution in [0.2, 0.25) is 0 Å². The summed E-state index contributed by atoms with van der Waals surface area (Å²) < 4.78 is 1.23. The van der Waals surface area contributed by atoms with Crippen molar-refractivity contribution in [3.63, 3.8) is 0 Å². The van der Waals surface area contributed by atoms with Crippen LogP contribution < -0.4 is 0 Å². The lowest BCUT2D eigenvalue weighted by Gasteiger charge is -2.07. The molecule has 0 unspecified atom stereocenters. The molecule has 0 aromatic carbocycles. The van der Waals surface area contributed by atoms with Gasteiger partial charge in [-0.2, -0.15) is 0 Å². The normalized spacial score (nSPS) is 39.3. The highest BCUT2D eigenvalue weighted by Gasteiger charge is 2.58. The van der Waals surface area contributed by atoms with Crippen molar-refractivity contribution in [2.45, 2.75) is 32.9 Å². The Bertz CT molecular complexity index is 116. The standard InChI is InChI=1S/C8H18N/c1-6(2)8-7(3)9(8,4)5/h6-8H,1-5H3/q+1/t7-,8-/m1/s1. The van der Waals surface area contributed by atoms with Crippen LogP contribution in [0.3, 0.4) is 0 Å². The molecule has 1 heteroatoms. The van der Waals surface area contributed by atoms with Crippen molar-refractivity contribution >= 4 is 0 Å². The van der Waals surface area contributed by atoms with Crippen LogP contribution in [0.25, 0.3) is 0 Å². The quantitative estimate of drug-likeness (QED) is 0.371. The third-order valence-corrected chi connectivity index (χ3v) is 2.91. The molecule has 9 heavy (non-hydrogen) atoms. The van der Waals surface area contributed by atoms with E-state index in [1.54, 1.807) is 0 Å². The molecule has 0 saturated carbocycles. The Hall–Kier alpha value is -0.0400. The second-order valence-electron chi connectivity index (χ2n) is 4.10. The number of likely N-dealkylation sites (N-methyl/N-ethyl adjacent to an activating group) is 1. The zero-order chi connectivity index (χ0) is 7.23. The summed E-state index contributed by atoms with van der Waals surface area (Å²) in [6, 6.07) is 1.81. The number of hydrogen-bond donors (Lipinski definition) is 0. The Balaban J connectivity index is 2.52. The van der Waals surface area contributed by atoms with Gasteiger partial charge in [-0.3, -0.25) is 0 Å². The predicted molar refractivity (Wildman–Crippen MR) is 40.2 cm³/mol. The van der Waals surface area contributed by atoms with Crippen LogP contribution in [0.4, 0.5) is 0 Å². The minimum absolute atomic E-state index is 0.856. The van der Waals surface area contributed by atoms with Gasteiger partial charge in [0.15, 0.2) is 0 Å². The smallest absolute Gasteiger partial charge is 0.143 e. The lowest BCUT2D eigenvalue weighted by atomic mass is 10.1. The number of hydrogen-bond acceptors (Lipinski definition) is 0. The van der Waals surface area contributed by atoms with Crippen LogP contribution in [0.1, 0.15) is 20.8 Å². The molecule has 1 heterocycles. The van der Waals surface area contributed by atoms with E-state index in [2.05, 4.69) is 34.9 Å². The molecule has 54 valence electrons. The molecule has 0 bridgehead atoms. The molecule has 0 amide bonds. The lowest BCUT2D eigenvalue weighted by Crippen LogP contribution is -2.20. The molecular weight excluding hydrogens is 110 g/mol. The van der Waals surface area contributed by atoms with Gasteiger partial charge in [0.25, 0.3) is 0 Å². The van der Waals surface area contributed by atoms with Crippen molar-refractivity contribution in [1.82, 2.24) is 0 Å². The number of nitrogens with zero attached hydrogens (tertiary/aromatic N) is 1. The summed E-state index contributed by atoms with van der Waals surface area (Å²) in [4.78, 5) is 0. The van der Waals surface area contributed by atoms with E-state index in [1.165, 1.54) is 4.48 Å². The van der Waals surface area contributed by atoms with E-state index in [-0.39, 0.29) is 0 Å². The highest BCUT2D eigenvalue weighted by molar-refractivity contribution is 4.83. The van der Waals surface area contributed by atoms with Gasteiger partial charge in [-0.15, -0.1) is 0 Å². The van der Waals surface area contributed by atoms with Gasteiger partial charge in [0, 0.05) is 5.92 Å². The fourth-order valence-corrected chi connectivity index (χ4v) is 2.15. The van der Waals surface area contributed by atoms with Crippen LogP contribution in [-0.4, -0.2) is 30.7 Å². The fraction of sp³-hybridized carbons (Fsp3) is 1.00. The number of quaternary nitrogens is 1. The van der Waals surface area contributed by atoms with E-state index >= 15 is 0 Å². The van der Waals surface area contributed by atoms with Gasteiger partial charge in [-0.05, 0) is 6.92 Å². The summed E-state index contributed by atoms with van der Waals surface area (Å²) >= 11 is 0. The van der Waals surface area contributed by atoms with Gasteiger partial charge in [0.05, 0.1) is 14.1 Å². The van der Waals surface area contributed by atoms with Gasteiger partial charge in [-0.25, -0.2) is 0 Å². The fourth-order valence-electron chi connectivity index (χ4n) is 2.15. The van der Waals surface area contributed by atoms with Crippen molar-refractivity contribution in [1.29, 1.82) is 0 Å². The van der Waals surface area contributed by atoms with Gasteiger partial charge in [-0.1, -0.05) is 13.8 Å². The molecule has 0 N–H and O–H groups in total. The summed E-state index contributed by atoms with van der Waals surface area (Å²) in [5.41, 5.74) is 0. The van der Waals surface area contributed by atoms with Crippen molar-refractivity contribution in [3.8, 4) is 0 Å². The molecule has 0 aromatic rings. The van der Waals surface area contributed by atoms with Crippen LogP contribution in [-0.2, 0) is 0 Å². The second kappa shape index (κ2) is 1.72. The first kappa shape index (κ1) is 7.07. The molecule has 1 aliphatic heterocycles. The zero-order valence-corrected chi connectivity index (χ0v) is 7.18. The molecule has 1 fully saturated rings. The summed E-state index contributed by atoms with van der Waals surface area (Å²) in [6.45, 7) is 6.97. The van der Waals surface area contributed by atoms with Gasteiger partial charge < -0.3 is 4.48 Å². The molecular formula is C8H18N+. The van der Waals surface area contributed by atoms with Gasteiger partial charge in [0.2, 0.25) is 0 Å². The molecule has 2 atom stereocenters. The van der Waals surface area contributed by atoms with E-state index in [9.17, 15) is 0 Å². The summed E-state index contributed by atoms with van der Waals surface area (Å²) in [7, 11) is 4.63. The van der Waals surface area contributed by atoms with Crippen molar-refractivity contribution < 1.29 is 4.48 Å². The largest absolute Gasteiger partial charge is 0.314 e. The molecule has 0 aromatic heterocycles. The van der Waals surface area contributed by atoms with Crippen LogP contribution in [0, 0.1) is 5.92 Å². The first-order chi connectivity index (χ1) is 3.98. The molecule has 1 aliphatic rings. The molecule has 1 rings (SSSR count). The third kappa shape index (κ3) is 0.877. The van der Waals surface area contributed by atoms with Crippen molar-refractivity contribution in [2.75, 3.05) is 14.1 Å². The minimum Gasteiger partial charge on any atom is -0.314 e. The van der Waals surface area contributed by atoms with Gasteiger partial charge in [0.1, 0.15) is 12.1 Å².